The minimum atomic E-state index is -0.395. The van der Waals surface area contributed by atoms with Crippen molar-refractivity contribution in [2.45, 2.75) is 31.2 Å². The molecule has 102 valence electrons. The molecule has 5 heteroatoms. The van der Waals surface area contributed by atoms with Gasteiger partial charge in [0.2, 0.25) is 0 Å². The molecule has 4 nitrogen and oxygen atoms in total. The highest BCUT2D eigenvalue weighted by Crippen LogP contribution is 2.27. The molecule has 1 saturated carbocycles. The molecule has 0 amide bonds. The lowest BCUT2D eigenvalue weighted by molar-refractivity contribution is -0.195. The Hall–Kier alpha value is -0.460. The smallest absolute Gasteiger partial charge is 0.110 e. The molecule has 0 bridgehead atoms. The van der Waals surface area contributed by atoms with Crippen LogP contribution in [-0.4, -0.2) is 50.3 Å². The summed E-state index contributed by atoms with van der Waals surface area (Å²) in [6.07, 6.45) is 1.03. The van der Waals surface area contributed by atoms with Crippen molar-refractivity contribution in [1.82, 2.24) is 0 Å². The first kappa shape index (κ1) is 14.0. The van der Waals surface area contributed by atoms with E-state index in [4.69, 9.17) is 14.2 Å². The fourth-order valence-corrected chi connectivity index (χ4v) is 2.66. The molecule has 1 fully saturated rings. The van der Waals surface area contributed by atoms with Crippen molar-refractivity contribution in [3.63, 3.8) is 0 Å². The van der Waals surface area contributed by atoms with E-state index in [0.29, 0.717) is 26.2 Å². The third-order valence-corrected chi connectivity index (χ3v) is 4.01. The van der Waals surface area contributed by atoms with E-state index in [1.165, 1.54) is 4.88 Å². The second-order valence-corrected chi connectivity index (χ2v) is 5.40. The zero-order chi connectivity index (χ0) is 12.8. The fourth-order valence-electron chi connectivity index (χ4n) is 1.97. The van der Waals surface area contributed by atoms with Crippen LogP contribution in [-0.2, 0) is 20.6 Å². The number of aliphatic hydroxyl groups excluding tert-OH is 1. The molecule has 1 heterocycles. The first-order valence-corrected chi connectivity index (χ1v) is 7.12. The molecule has 18 heavy (non-hydrogen) atoms. The number of hydrogen-bond acceptors (Lipinski definition) is 5. The van der Waals surface area contributed by atoms with Crippen molar-refractivity contribution < 1.29 is 19.3 Å². The Kier molecular flexibility index (Phi) is 5.59. The van der Waals surface area contributed by atoms with Gasteiger partial charge in [0, 0.05) is 24.8 Å². The first-order valence-electron chi connectivity index (χ1n) is 6.24. The molecule has 1 aromatic heterocycles. The molecular formula is C13H20O4S. The van der Waals surface area contributed by atoms with Crippen molar-refractivity contribution in [2.75, 3.05) is 26.9 Å². The summed E-state index contributed by atoms with van der Waals surface area (Å²) in [5.41, 5.74) is 0. The van der Waals surface area contributed by atoms with Gasteiger partial charge < -0.3 is 19.3 Å². The predicted molar refractivity (Wildman–Crippen MR) is 70.0 cm³/mol. The molecule has 1 aliphatic rings. The minimum absolute atomic E-state index is 0.0248. The predicted octanol–water partition coefficient (Wildman–Crippen LogP) is 1.47. The van der Waals surface area contributed by atoms with Gasteiger partial charge in [-0.3, -0.25) is 0 Å². The van der Waals surface area contributed by atoms with Crippen LogP contribution >= 0.6 is 11.3 Å². The molecule has 3 atom stereocenters. The average Bonchev–Trinajstić information content (AvgIpc) is 2.86. The summed E-state index contributed by atoms with van der Waals surface area (Å²) < 4.78 is 16.2. The normalized spacial score (nSPS) is 27.1. The Morgan fingerprint density at radius 3 is 2.89 bits per heavy atom. The second-order valence-electron chi connectivity index (χ2n) is 4.37. The number of rotatable bonds is 8. The molecule has 1 aliphatic carbocycles. The van der Waals surface area contributed by atoms with Crippen LogP contribution in [0.2, 0.25) is 0 Å². The lowest BCUT2D eigenvalue weighted by atomic mass is 9.88. The molecule has 2 rings (SSSR count). The minimum Gasteiger partial charge on any atom is -0.390 e. The van der Waals surface area contributed by atoms with Gasteiger partial charge in [0.25, 0.3) is 0 Å². The summed E-state index contributed by atoms with van der Waals surface area (Å²) in [4.78, 5) is 1.33. The van der Waals surface area contributed by atoms with Gasteiger partial charge >= 0.3 is 0 Å². The lowest BCUT2D eigenvalue weighted by Gasteiger charge is -2.40. The quantitative estimate of drug-likeness (QED) is 0.728. The molecule has 3 unspecified atom stereocenters. The molecule has 0 aliphatic heterocycles. The lowest BCUT2D eigenvalue weighted by Crippen LogP contribution is -2.54. The van der Waals surface area contributed by atoms with Gasteiger partial charge in [-0.1, -0.05) is 6.07 Å². The van der Waals surface area contributed by atoms with Crippen LogP contribution in [0.25, 0.3) is 0 Å². The summed E-state index contributed by atoms with van der Waals surface area (Å²) in [6, 6.07) is 4.15. The highest BCUT2D eigenvalue weighted by atomic mass is 32.1. The zero-order valence-electron chi connectivity index (χ0n) is 10.6. The number of ether oxygens (including phenoxy) is 3. The topological polar surface area (TPSA) is 47.9 Å². The van der Waals surface area contributed by atoms with Crippen molar-refractivity contribution in [3.8, 4) is 0 Å². The largest absolute Gasteiger partial charge is 0.390 e. The number of hydrogen-bond donors (Lipinski definition) is 1. The highest BCUT2D eigenvalue weighted by Gasteiger charge is 2.41. The summed E-state index contributed by atoms with van der Waals surface area (Å²) in [6.45, 7) is 1.73. The number of aliphatic hydroxyl groups is 1. The van der Waals surface area contributed by atoms with E-state index in [2.05, 4.69) is 11.4 Å². The monoisotopic (exact) mass is 272 g/mol. The van der Waals surface area contributed by atoms with Crippen molar-refractivity contribution in [2.24, 2.45) is 0 Å². The van der Waals surface area contributed by atoms with Gasteiger partial charge in [0.05, 0.1) is 32.0 Å². The Bertz CT molecular complexity index is 328. The third kappa shape index (κ3) is 3.76. The van der Waals surface area contributed by atoms with Crippen LogP contribution in [0.4, 0.5) is 0 Å². The van der Waals surface area contributed by atoms with Crippen molar-refractivity contribution in [3.05, 3.63) is 22.4 Å². The van der Waals surface area contributed by atoms with E-state index in [1.54, 1.807) is 18.4 Å². The second kappa shape index (κ2) is 7.21. The van der Waals surface area contributed by atoms with Gasteiger partial charge in [-0.2, -0.15) is 0 Å². The fraction of sp³-hybridized carbons (Fsp3) is 0.692. The van der Waals surface area contributed by atoms with E-state index in [9.17, 15) is 5.11 Å². The van der Waals surface area contributed by atoms with Gasteiger partial charge in [-0.25, -0.2) is 0 Å². The van der Waals surface area contributed by atoms with Crippen molar-refractivity contribution >= 4 is 11.3 Å². The van der Waals surface area contributed by atoms with E-state index >= 15 is 0 Å². The van der Waals surface area contributed by atoms with Crippen LogP contribution in [0.3, 0.4) is 0 Å². The van der Waals surface area contributed by atoms with Crippen LogP contribution in [0.1, 0.15) is 11.3 Å². The summed E-state index contributed by atoms with van der Waals surface area (Å²) in [5, 5.41) is 11.7. The van der Waals surface area contributed by atoms with Crippen LogP contribution in [0.5, 0.6) is 0 Å². The van der Waals surface area contributed by atoms with E-state index in [-0.39, 0.29) is 12.2 Å². The molecule has 0 spiro atoms. The maximum Gasteiger partial charge on any atom is 0.110 e. The van der Waals surface area contributed by atoms with Crippen LogP contribution in [0, 0.1) is 0 Å². The standard InChI is InChI=1S/C13H20O4S/c1-15-6-7-17-13-11(14)9-12(13)16-5-4-10-3-2-8-18-10/h2-3,8,11-14H,4-7,9H2,1H3. The van der Waals surface area contributed by atoms with E-state index in [0.717, 1.165) is 6.42 Å². The van der Waals surface area contributed by atoms with Gasteiger partial charge in [0.15, 0.2) is 0 Å². The molecule has 0 aromatic carbocycles. The Balaban J connectivity index is 1.63. The maximum atomic E-state index is 9.62. The third-order valence-electron chi connectivity index (χ3n) is 3.08. The van der Waals surface area contributed by atoms with Gasteiger partial charge in [-0.15, -0.1) is 11.3 Å². The van der Waals surface area contributed by atoms with Crippen molar-refractivity contribution in [1.29, 1.82) is 0 Å². The van der Waals surface area contributed by atoms with Gasteiger partial charge in [-0.05, 0) is 11.4 Å². The Morgan fingerprint density at radius 1 is 1.33 bits per heavy atom. The highest BCUT2D eigenvalue weighted by molar-refractivity contribution is 7.09. The molecular weight excluding hydrogens is 252 g/mol. The van der Waals surface area contributed by atoms with E-state index in [1.807, 2.05) is 6.07 Å². The molecule has 0 radical (unpaired) electrons. The Labute approximate surface area is 111 Å². The molecule has 0 saturated heterocycles. The SMILES string of the molecule is COCCOC1C(O)CC1OCCc1cccs1. The van der Waals surface area contributed by atoms with E-state index < -0.39 is 6.10 Å². The number of thiophene rings is 1. The summed E-state index contributed by atoms with van der Waals surface area (Å²) in [7, 11) is 1.63. The summed E-state index contributed by atoms with van der Waals surface area (Å²) in [5.74, 6) is 0. The van der Waals surface area contributed by atoms with Gasteiger partial charge in [0.1, 0.15) is 6.10 Å². The number of methoxy groups -OCH3 is 1. The first-order chi connectivity index (χ1) is 8.81. The Morgan fingerprint density at radius 2 is 2.22 bits per heavy atom. The zero-order valence-corrected chi connectivity index (χ0v) is 11.4. The summed E-state index contributed by atoms with van der Waals surface area (Å²) >= 11 is 1.74. The average molecular weight is 272 g/mol. The maximum absolute atomic E-state index is 9.62. The van der Waals surface area contributed by atoms with Crippen LogP contribution in [0.15, 0.2) is 17.5 Å². The molecule has 1 aromatic rings. The molecule has 1 N–H and O–H groups in total. The van der Waals surface area contributed by atoms with Crippen LogP contribution < -0.4 is 0 Å².